The van der Waals surface area contributed by atoms with E-state index >= 15 is 0 Å². The molecule has 1 saturated heterocycles. The van der Waals surface area contributed by atoms with Crippen LogP contribution in [0.15, 0.2) is 34.8 Å². The van der Waals surface area contributed by atoms with Crippen molar-refractivity contribution >= 4 is 27.4 Å². The monoisotopic (exact) mass is 416 g/mol. The van der Waals surface area contributed by atoms with E-state index in [2.05, 4.69) is 36.3 Å². The van der Waals surface area contributed by atoms with Crippen LogP contribution in [0.25, 0.3) is 0 Å². The van der Waals surface area contributed by atoms with Crippen LogP contribution < -0.4 is 10.2 Å². The number of alkyl halides is 3. The van der Waals surface area contributed by atoms with Gasteiger partial charge in [0.25, 0.3) is 0 Å². The number of ether oxygens (including phenoxy) is 1. The molecule has 0 atom stereocenters. The van der Waals surface area contributed by atoms with Crippen LogP contribution in [0.2, 0.25) is 0 Å². The first-order valence-corrected chi connectivity index (χ1v) is 8.49. The minimum atomic E-state index is -4.49. The summed E-state index contributed by atoms with van der Waals surface area (Å²) in [5.41, 5.74) is 1.08. The number of aromatic nitrogens is 2. The Balaban J connectivity index is 1.72. The zero-order valence-electron chi connectivity index (χ0n) is 13.2. The molecule has 0 radical (unpaired) electrons. The summed E-state index contributed by atoms with van der Waals surface area (Å²) in [6, 6.07) is 8.13. The van der Waals surface area contributed by atoms with Crippen LogP contribution >= 0.6 is 15.9 Å². The van der Waals surface area contributed by atoms with Gasteiger partial charge in [0, 0.05) is 29.8 Å². The van der Waals surface area contributed by atoms with Crippen molar-refractivity contribution in [3.63, 3.8) is 0 Å². The Morgan fingerprint density at radius 3 is 2.52 bits per heavy atom. The molecule has 2 heterocycles. The lowest BCUT2D eigenvalue weighted by molar-refractivity contribution is -0.141. The van der Waals surface area contributed by atoms with Crippen LogP contribution in [-0.2, 0) is 17.5 Å². The summed E-state index contributed by atoms with van der Waals surface area (Å²) in [5.74, 6) is 0.295. The van der Waals surface area contributed by atoms with Crippen LogP contribution in [0.3, 0.4) is 0 Å². The van der Waals surface area contributed by atoms with Gasteiger partial charge in [0.15, 0.2) is 5.69 Å². The van der Waals surface area contributed by atoms with E-state index in [-0.39, 0.29) is 0 Å². The molecule has 1 aliphatic rings. The van der Waals surface area contributed by atoms with Crippen molar-refractivity contribution in [1.82, 2.24) is 10.2 Å². The van der Waals surface area contributed by atoms with E-state index in [1.165, 1.54) is 6.07 Å². The molecule has 5 nitrogen and oxygen atoms in total. The zero-order chi connectivity index (χ0) is 17.9. The van der Waals surface area contributed by atoms with E-state index in [9.17, 15) is 13.2 Å². The van der Waals surface area contributed by atoms with E-state index in [0.29, 0.717) is 25.6 Å². The van der Waals surface area contributed by atoms with Crippen LogP contribution in [0, 0.1) is 0 Å². The first-order valence-electron chi connectivity index (χ1n) is 7.69. The molecule has 3 rings (SSSR count). The number of halogens is 4. The topological polar surface area (TPSA) is 50.3 Å². The lowest BCUT2D eigenvalue weighted by atomic mass is 10.1. The molecule has 134 valence electrons. The minimum Gasteiger partial charge on any atom is -0.378 e. The second kappa shape index (κ2) is 7.57. The zero-order valence-corrected chi connectivity index (χ0v) is 14.8. The van der Waals surface area contributed by atoms with E-state index in [1.54, 1.807) is 0 Å². The summed E-state index contributed by atoms with van der Waals surface area (Å²) in [6.07, 6.45) is -4.49. The molecular weight excluding hydrogens is 401 g/mol. The molecule has 0 unspecified atom stereocenters. The molecule has 1 aromatic carbocycles. The second-order valence-corrected chi connectivity index (χ2v) is 6.44. The third-order valence-corrected chi connectivity index (χ3v) is 4.31. The number of hydrogen-bond acceptors (Lipinski definition) is 5. The van der Waals surface area contributed by atoms with Gasteiger partial charge in [-0.05, 0) is 29.8 Å². The van der Waals surface area contributed by atoms with Gasteiger partial charge in [-0.25, -0.2) is 0 Å². The van der Waals surface area contributed by atoms with Crippen molar-refractivity contribution in [3.8, 4) is 0 Å². The summed E-state index contributed by atoms with van der Waals surface area (Å²) in [4.78, 5) is 2.23. The van der Waals surface area contributed by atoms with Crippen LogP contribution in [0.4, 0.5) is 24.7 Å². The van der Waals surface area contributed by atoms with Gasteiger partial charge in [0.05, 0.1) is 13.2 Å². The number of nitrogens with zero attached hydrogens (tertiary/aromatic N) is 3. The SMILES string of the molecule is FC(F)(F)c1ccc(NCc2ccc(Br)cc2N2CCOCC2)nn1. The van der Waals surface area contributed by atoms with E-state index < -0.39 is 11.9 Å². The van der Waals surface area contributed by atoms with Crippen molar-refractivity contribution in [2.24, 2.45) is 0 Å². The fourth-order valence-corrected chi connectivity index (χ4v) is 2.90. The lowest BCUT2D eigenvalue weighted by Gasteiger charge is -2.31. The Morgan fingerprint density at radius 1 is 1.12 bits per heavy atom. The number of hydrogen-bond donors (Lipinski definition) is 1. The Labute approximate surface area is 151 Å². The van der Waals surface area contributed by atoms with Crippen LogP contribution in [0.1, 0.15) is 11.3 Å². The van der Waals surface area contributed by atoms with Gasteiger partial charge < -0.3 is 15.0 Å². The average Bonchev–Trinajstić information content (AvgIpc) is 2.61. The quantitative estimate of drug-likeness (QED) is 0.823. The molecule has 1 N–H and O–H groups in total. The summed E-state index contributed by atoms with van der Waals surface area (Å²) < 4.78 is 43.9. The average molecular weight is 417 g/mol. The van der Waals surface area contributed by atoms with Gasteiger partial charge >= 0.3 is 6.18 Å². The molecule has 1 fully saturated rings. The fourth-order valence-electron chi connectivity index (χ4n) is 2.55. The van der Waals surface area contributed by atoms with Crippen molar-refractivity contribution in [2.75, 3.05) is 36.5 Å². The van der Waals surface area contributed by atoms with Gasteiger partial charge in [-0.2, -0.15) is 13.2 Å². The largest absolute Gasteiger partial charge is 0.435 e. The second-order valence-electron chi connectivity index (χ2n) is 5.53. The van der Waals surface area contributed by atoms with Crippen LogP contribution in [0.5, 0.6) is 0 Å². The van der Waals surface area contributed by atoms with E-state index in [1.807, 2.05) is 18.2 Å². The Morgan fingerprint density at radius 2 is 1.88 bits per heavy atom. The Bertz CT molecular complexity index is 718. The van der Waals surface area contributed by atoms with Gasteiger partial charge in [-0.15, -0.1) is 10.2 Å². The van der Waals surface area contributed by atoms with Gasteiger partial charge in [0.1, 0.15) is 5.82 Å². The maximum atomic E-state index is 12.5. The predicted octanol–water partition coefficient (Wildman–Crippen LogP) is 3.71. The van der Waals surface area contributed by atoms with Gasteiger partial charge in [-0.1, -0.05) is 22.0 Å². The number of benzene rings is 1. The summed E-state index contributed by atoms with van der Waals surface area (Å²) in [7, 11) is 0. The highest BCUT2D eigenvalue weighted by Gasteiger charge is 2.32. The molecule has 1 aromatic heterocycles. The highest BCUT2D eigenvalue weighted by Crippen LogP contribution is 2.28. The van der Waals surface area contributed by atoms with Gasteiger partial charge in [-0.3, -0.25) is 0 Å². The highest BCUT2D eigenvalue weighted by molar-refractivity contribution is 9.10. The summed E-state index contributed by atoms with van der Waals surface area (Å²) in [5, 5.41) is 9.84. The molecule has 1 aliphatic heterocycles. The maximum Gasteiger partial charge on any atom is 0.435 e. The normalized spacial score (nSPS) is 15.3. The maximum absolute atomic E-state index is 12.5. The molecule has 0 saturated carbocycles. The Hall–Kier alpha value is -1.87. The smallest absolute Gasteiger partial charge is 0.378 e. The van der Waals surface area contributed by atoms with Crippen molar-refractivity contribution in [3.05, 3.63) is 46.1 Å². The fraction of sp³-hybridized carbons (Fsp3) is 0.375. The third kappa shape index (κ3) is 4.60. The number of nitrogens with one attached hydrogen (secondary N) is 1. The first-order chi connectivity index (χ1) is 11.9. The molecule has 0 bridgehead atoms. The van der Waals surface area contributed by atoms with E-state index in [0.717, 1.165) is 34.9 Å². The number of rotatable bonds is 4. The molecule has 0 spiro atoms. The van der Waals surface area contributed by atoms with E-state index in [4.69, 9.17) is 4.74 Å². The van der Waals surface area contributed by atoms with Crippen LogP contribution in [-0.4, -0.2) is 36.5 Å². The molecule has 9 heteroatoms. The minimum absolute atomic E-state index is 0.295. The molecule has 0 aliphatic carbocycles. The summed E-state index contributed by atoms with van der Waals surface area (Å²) >= 11 is 3.48. The van der Waals surface area contributed by atoms with Crippen molar-refractivity contribution in [2.45, 2.75) is 12.7 Å². The summed E-state index contributed by atoms with van der Waals surface area (Å²) in [6.45, 7) is 3.36. The number of anilines is 2. The molecular formula is C16H16BrF3N4O. The van der Waals surface area contributed by atoms with Gasteiger partial charge in [0.2, 0.25) is 0 Å². The standard InChI is InChI=1S/C16H16BrF3N4O/c17-12-2-1-11(13(9-12)24-5-7-25-8-6-24)10-21-15-4-3-14(22-23-15)16(18,19)20/h1-4,9H,5-8,10H2,(H,21,23). The highest BCUT2D eigenvalue weighted by atomic mass is 79.9. The first kappa shape index (κ1) is 17.9. The Kier molecular flexibility index (Phi) is 5.43. The predicted molar refractivity (Wildman–Crippen MR) is 91.5 cm³/mol. The molecule has 25 heavy (non-hydrogen) atoms. The molecule has 0 amide bonds. The lowest BCUT2D eigenvalue weighted by Crippen LogP contribution is -2.36. The molecule has 2 aromatic rings. The van der Waals surface area contributed by atoms with Crippen molar-refractivity contribution in [1.29, 1.82) is 0 Å². The van der Waals surface area contributed by atoms with Crippen molar-refractivity contribution < 1.29 is 17.9 Å². The number of morpholine rings is 1. The third-order valence-electron chi connectivity index (χ3n) is 3.81.